The van der Waals surface area contributed by atoms with Crippen LogP contribution in [0.15, 0.2) is 18.2 Å². The summed E-state index contributed by atoms with van der Waals surface area (Å²) in [6.07, 6.45) is 1.13. The average Bonchev–Trinajstić information content (AvgIpc) is 2.88. The Balaban J connectivity index is 2.05. The molecule has 3 heteroatoms. The lowest BCUT2D eigenvalue weighted by Gasteiger charge is -2.27. The lowest BCUT2D eigenvalue weighted by Crippen LogP contribution is -2.35. The van der Waals surface area contributed by atoms with Gasteiger partial charge in [0.1, 0.15) is 0 Å². The van der Waals surface area contributed by atoms with Crippen LogP contribution in [0.25, 0.3) is 0 Å². The number of ether oxygens (including phenoxy) is 1. The van der Waals surface area contributed by atoms with Crippen molar-refractivity contribution in [1.29, 1.82) is 0 Å². The first-order valence-electron chi connectivity index (χ1n) is 7.52. The van der Waals surface area contributed by atoms with Gasteiger partial charge in [-0.05, 0) is 51.3 Å². The second kappa shape index (κ2) is 6.15. The highest BCUT2D eigenvalue weighted by atomic mass is 16.5. The number of rotatable bonds is 4. The van der Waals surface area contributed by atoms with Gasteiger partial charge in [-0.15, -0.1) is 0 Å². The number of nitrogens with one attached hydrogen (secondary N) is 1. The first-order chi connectivity index (χ1) is 9.37. The Morgan fingerprint density at radius 2 is 2.10 bits per heavy atom. The van der Waals surface area contributed by atoms with Crippen molar-refractivity contribution >= 4 is 5.69 Å². The number of anilines is 1. The molecule has 0 amide bonds. The van der Waals surface area contributed by atoms with E-state index in [4.69, 9.17) is 4.74 Å². The maximum absolute atomic E-state index is 5.49. The van der Waals surface area contributed by atoms with Crippen molar-refractivity contribution < 1.29 is 4.74 Å². The molecule has 1 aliphatic heterocycles. The fourth-order valence-corrected chi connectivity index (χ4v) is 2.61. The summed E-state index contributed by atoms with van der Waals surface area (Å²) in [5, 5.41) is 3.54. The first kappa shape index (κ1) is 15.3. The van der Waals surface area contributed by atoms with Gasteiger partial charge in [-0.1, -0.05) is 12.1 Å². The topological polar surface area (TPSA) is 24.5 Å². The zero-order valence-corrected chi connectivity index (χ0v) is 13.5. The first-order valence-corrected chi connectivity index (χ1v) is 7.52. The highest BCUT2D eigenvalue weighted by Gasteiger charge is 2.21. The van der Waals surface area contributed by atoms with Gasteiger partial charge < -0.3 is 15.0 Å². The SMILES string of the molecule is Cc1cc(CNC(C)(C)C)ccc1N(C)C1CCOC1. The lowest BCUT2D eigenvalue weighted by atomic mass is 10.1. The fraction of sp³-hybridized carbons (Fsp3) is 0.647. The van der Waals surface area contributed by atoms with Gasteiger partial charge in [0, 0.05) is 31.4 Å². The van der Waals surface area contributed by atoms with E-state index in [1.807, 2.05) is 0 Å². The summed E-state index contributed by atoms with van der Waals surface area (Å²) in [5.41, 5.74) is 4.16. The predicted molar refractivity (Wildman–Crippen MR) is 85.4 cm³/mol. The van der Waals surface area contributed by atoms with Gasteiger partial charge in [-0.2, -0.15) is 0 Å². The Morgan fingerprint density at radius 1 is 1.35 bits per heavy atom. The van der Waals surface area contributed by atoms with Crippen LogP contribution in [-0.2, 0) is 11.3 Å². The summed E-state index contributed by atoms with van der Waals surface area (Å²) in [7, 11) is 2.18. The summed E-state index contributed by atoms with van der Waals surface area (Å²) in [4.78, 5) is 2.36. The normalized spacial score (nSPS) is 19.4. The van der Waals surface area contributed by atoms with Crippen molar-refractivity contribution in [3.8, 4) is 0 Å². The molecule has 0 saturated carbocycles. The molecule has 1 aliphatic rings. The third kappa shape index (κ3) is 3.97. The van der Waals surface area contributed by atoms with E-state index in [1.54, 1.807) is 0 Å². The molecule has 0 aromatic heterocycles. The minimum atomic E-state index is 0.157. The molecule has 1 aromatic rings. The summed E-state index contributed by atoms with van der Waals surface area (Å²) < 4.78 is 5.49. The van der Waals surface area contributed by atoms with Crippen LogP contribution in [-0.4, -0.2) is 31.8 Å². The molecule has 0 spiro atoms. The van der Waals surface area contributed by atoms with Crippen molar-refractivity contribution in [1.82, 2.24) is 5.32 Å². The summed E-state index contributed by atoms with van der Waals surface area (Å²) in [6.45, 7) is 11.4. The zero-order chi connectivity index (χ0) is 14.8. The van der Waals surface area contributed by atoms with Gasteiger partial charge in [-0.25, -0.2) is 0 Å². The van der Waals surface area contributed by atoms with Crippen LogP contribution in [0.1, 0.15) is 38.3 Å². The van der Waals surface area contributed by atoms with E-state index >= 15 is 0 Å². The molecule has 1 aromatic carbocycles. The van der Waals surface area contributed by atoms with E-state index in [0.29, 0.717) is 6.04 Å². The van der Waals surface area contributed by atoms with E-state index in [0.717, 1.165) is 26.2 Å². The van der Waals surface area contributed by atoms with Crippen LogP contribution >= 0.6 is 0 Å². The van der Waals surface area contributed by atoms with Gasteiger partial charge in [0.05, 0.1) is 12.6 Å². The van der Waals surface area contributed by atoms with Crippen LogP contribution in [0.2, 0.25) is 0 Å². The molecule has 2 rings (SSSR count). The Morgan fingerprint density at radius 3 is 2.65 bits per heavy atom. The molecule has 20 heavy (non-hydrogen) atoms. The third-order valence-corrected chi connectivity index (χ3v) is 3.92. The highest BCUT2D eigenvalue weighted by molar-refractivity contribution is 5.54. The smallest absolute Gasteiger partial charge is 0.0670 e. The molecule has 1 heterocycles. The van der Waals surface area contributed by atoms with Crippen molar-refractivity contribution in [2.24, 2.45) is 0 Å². The standard InChI is InChI=1S/C17H28N2O/c1-13-10-14(11-18-17(2,3)4)6-7-16(13)19(5)15-8-9-20-12-15/h6-7,10,15,18H,8-9,11-12H2,1-5H3. The second-order valence-corrected chi connectivity index (χ2v) is 6.85. The number of benzene rings is 1. The molecular weight excluding hydrogens is 248 g/mol. The van der Waals surface area contributed by atoms with Gasteiger partial charge in [0.25, 0.3) is 0 Å². The van der Waals surface area contributed by atoms with Gasteiger partial charge in [0.15, 0.2) is 0 Å². The molecule has 0 radical (unpaired) electrons. The molecule has 3 nitrogen and oxygen atoms in total. The molecule has 1 unspecified atom stereocenters. The Labute approximate surface area is 123 Å². The third-order valence-electron chi connectivity index (χ3n) is 3.92. The van der Waals surface area contributed by atoms with Crippen LogP contribution in [0.5, 0.6) is 0 Å². The average molecular weight is 276 g/mol. The van der Waals surface area contributed by atoms with Crippen LogP contribution in [0.3, 0.4) is 0 Å². The maximum Gasteiger partial charge on any atom is 0.0670 e. The molecule has 1 N–H and O–H groups in total. The summed E-state index contributed by atoms with van der Waals surface area (Å²) in [5.74, 6) is 0. The number of hydrogen-bond donors (Lipinski definition) is 1. The van der Waals surface area contributed by atoms with Crippen LogP contribution in [0.4, 0.5) is 5.69 Å². The van der Waals surface area contributed by atoms with E-state index in [9.17, 15) is 0 Å². The molecule has 0 aliphatic carbocycles. The van der Waals surface area contributed by atoms with E-state index < -0.39 is 0 Å². The summed E-state index contributed by atoms with van der Waals surface area (Å²) >= 11 is 0. The quantitative estimate of drug-likeness (QED) is 0.914. The summed E-state index contributed by atoms with van der Waals surface area (Å²) in [6, 6.07) is 7.29. The molecule has 112 valence electrons. The maximum atomic E-state index is 5.49. The van der Waals surface area contributed by atoms with Gasteiger partial charge >= 0.3 is 0 Å². The van der Waals surface area contributed by atoms with E-state index in [1.165, 1.54) is 16.8 Å². The zero-order valence-electron chi connectivity index (χ0n) is 13.5. The number of nitrogens with zero attached hydrogens (tertiary/aromatic N) is 1. The Bertz CT molecular complexity index is 445. The lowest BCUT2D eigenvalue weighted by molar-refractivity contribution is 0.193. The van der Waals surface area contributed by atoms with Crippen molar-refractivity contribution in [3.05, 3.63) is 29.3 Å². The number of aryl methyl sites for hydroxylation is 1. The molecule has 0 bridgehead atoms. The van der Waals surface area contributed by atoms with Crippen molar-refractivity contribution in [2.45, 2.75) is 52.2 Å². The second-order valence-electron chi connectivity index (χ2n) is 6.85. The molecule has 1 saturated heterocycles. The van der Waals surface area contributed by atoms with Crippen LogP contribution < -0.4 is 10.2 Å². The fourth-order valence-electron chi connectivity index (χ4n) is 2.61. The molecule has 1 atom stereocenters. The van der Waals surface area contributed by atoms with E-state index in [-0.39, 0.29) is 5.54 Å². The molecular formula is C17H28N2O. The minimum Gasteiger partial charge on any atom is -0.379 e. The number of hydrogen-bond acceptors (Lipinski definition) is 3. The highest BCUT2D eigenvalue weighted by Crippen LogP contribution is 2.25. The Kier molecular flexibility index (Phi) is 4.71. The van der Waals surface area contributed by atoms with Gasteiger partial charge in [-0.3, -0.25) is 0 Å². The molecule has 1 fully saturated rings. The van der Waals surface area contributed by atoms with Crippen molar-refractivity contribution in [2.75, 3.05) is 25.2 Å². The Hall–Kier alpha value is -1.06. The minimum absolute atomic E-state index is 0.157. The largest absolute Gasteiger partial charge is 0.379 e. The monoisotopic (exact) mass is 276 g/mol. The van der Waals surface area contributed by atoms with Crippen molar-refractivity contribution in [3.63, 3.8) is 0 Å². The van der Waals surface area contributed by atoms with E-state index in [2.05, 4.69) is 63.2 Å². The predicted octanol–water partition coefficient (Wildman–Crippen LogP) is 3.11. The van der Waals surface area contributed by atoms with Crippen LogP contribution in [0, 0.1) is 6.92 Å². The number of likely N-dealkylation sites (N-methyl/N-ethyl adjacent to an activating group) is 1. The van der Waals surface area contributed by atoms with Gasteiger partial charge in [0.2, 0.25) is 0 Å².